The third kappa shape index (κ3) is 3.44. The Morgan fingerprint density at radius 2 is 1.52 bits per heavy atom. The Balaban J connectivity index is 1.23. The molecule has 1 N–H and O–H groups in total. The first-order valence-corrected chi connectivity index (χ1v) is 13.2. The lowest BCUT2D eigenvalue weighted by molar-refractivity contribution is 0.104. The van der Waals surface area contributed by atoms with E-state index in [4.69, 9.17) is 14.0 Å². The molecule has 0 bridgehead atoms. The van der Waals surface area contributed by atoms with E-state index in [0.29, 0.717) is 76.8 Å². The first-order chi connectivity index (χ1) is 19.7. The summed E-state index contributed by atoms with van der Waals surface area (Å²) in [5, 5.41) is 8.64. The highest BCUT2D eigenvalue weighted by Crippen LogP contribution is 2.47. The van der Waals surface area contributed by atoms with E-state index in [9.17, 15) is 9.18 Å². The Kier molecular flexibility index (Phi) is 5.00. The number of nitrogens with zero attached hydrogens (tertiary/aromatic N) is 3. The number of hydrogen-bond donors (Lipinski definition) is 1. The van der Waals surface area contributed by atoms with Crippen LogP contribution in [0.25, 0.3) is 22.2 Å². The van der Waals surface area contributed by atoms with Crippen molar-refractivity contribution in [2.75, 3.05) is 48.1 Å². The van der Waals surface area contributed by atoms with Gasteiger partial charge in [0.05, 0.1) is 28.0 Å². The third-order valence-electron chi connectivity index (χ3n) is 7.84. The number of ketones is 1. The molecule has 198 valence electrons. The van der Waals surface area contributed by atoms with E-state index in [1.54, 1.807) is 6.07 Å². The van der Waals surface area contributed by atoms with Crippen molar-refractivity contribution in [3.05, 3.63) is 89.7 Å². The van der Waals surface area contributed by atoms with Crippen molar-refractivity contribution in [2.45, 2.75) is 0 Å². The SMILES string of the molecule is O=C1c2ccccc2-c2onc3c(N4CCN(c5ccccc5F)CC4)cc(Nc4ccc5c(c4)OCO5)c1c23. The van der Waals surface area contributed by atoms with Crippen molar-refractivity contribution >= 4 is 39.4 Å². The molecule has 40 heavy (non-hydrogen) atoms. The highest BCUT2D eigenvalue weighted by atomic mass is 19.1. The zero-order valence-corrected chi connectivity index (χ0v) is 21.3. The van der Waals surface area contributed by atoms with Crippen LogP contribution in [0.15, 0.2) is 77.3 Å². The van der Waals surface area contributed by atoms with E-state index in [-0.39, 0.29) is 18.4 Å². The van der Waals surface area contributed by atoms with Gasteiger partial charge in [-0.25, -0.2) is 4.39 Å². The van der Waals surface area contributed by atoms with E-state index < -0.39 is 0 Å². The number of hydrogen-bond acceptors (Lipinski definition) is 8. The highest BCUT2D eigenvalue weighted by Gasteiger charge is 2.34. The number of halogens is 1. The number of rotatable bonds is 4. The lowest BCUT2D eigenvalue weighted by Gasteiger charge is -2.37. The fourth-order valence-corrected chi connectivity index (χ4v) is 5.91. The van der Waals surface area contributed by atoms with Crippen molar-refractivity contribution in [1.82, 2.24) is 5.16 Å². The zero-order chi connectivity index (χ0) is 26.8. The number of carbonyl (C=O) groups is 1. The summed E-state index contributed by atoms with van der Waals surface area (Å²) in [5.41, 5.74) is 5.36. The van der Waals surface area contributed by atoms with Crippen LogP contribution in [0.5, 0.6) is 11.5 Å². The largest absolute Gasteiger partial charge is 0.454 e. The molecule has 3 heterocycles. The molecule has 4 aromatic carbocycles. The van der Waals surface area contributed by atoms with Gasteiger partial charge in [0.25, 0.3) is 0 Å². The average Bonchev–Trinajstić information content (AvgIpc) is 3.64. The number of ether oxygens (including phenoxy) is 2. The minimum Gasteiger partial charge on any atom is -0.454 e. The maximum atomic E-state index is 14.5. The Labute approximate surface area is 228 Å². The third-order valence-corrected chi connectivity index (χ3v) is 7.84. The quantitative estimate of drug-likeness (QED) is 0.296. The monoisotopic (exact) mass is 534 g/mol. The molecule has 8 nitrogen and oxygen atoms in total. The van der Waals surface area contributed by atoms with Gasteiger partial charge in [0.15, 0.2) is 23.0 Å². The summed E-state index contributed by atoms with van der Waals surface area (Å²) in [4.78, 5) is 18.2. The molecule has 1 aliphatic carbocycles. The topological polar surface area (TPSA) is 80.1 Å². The van der Waals surface area contributed by atoms with Crippen molar-refractivity contribution < 1.29 is 23.2 Å². The second kappa shape index (κ2) is 8.74. The summed E-state index contributed by atoms with van der Waals surface area (Å²) in [6.45, 7) is 2.76. The molecule has 0 unspecified atom stereocenters. The summed E-state index contributed by atoms with van der Waals surface area (Å²) >= 11 is 0. The minimum atomic E-state index is -0.224. The molecule has 1 fully saturated rings. The summed E-state index contributed by atoms with van der Waals surface area (Å²) in [6, 6.07) is 21.9. The minimum absolute atomic E-state index is 0.0875. The first-order valence-electron chi connectivity index (χ1n) is 13.2. The molecule has 0 atom stereocenters. The van der Waals surface area contributed by atoms with Gasteiger partial charge in [-0.3, -0.25) is 4.79 Å². The Morgan fingerprint density at radius 3 is 2.35 bits per heavy atom. The molecule has 1 saturated heterocycles. The second-order valence-corrected chi connectivity index (χ2v) is 10.0. The smallest absolute Gasteiger partial charge is 0.231 e. The van der Waals surface area contributed by atoms with Gasteiger partial charge in [-0.15, -0.1) is 0 Å². The molecular weight excluding hydrogens is 511 g/mol. The molecule has 8 rings (SSSR count). The van der Waals surface area contributed by atoms with Crippen LogP contribution in [0, 0.1) is 5.82 Å². The van der Waals surface area contributed by atoms with Crippen molar-refractivity contribution in [3.8, 4) is 22.8 Å². The van der Waals surface area contributed by atoms with E-state index in [1.165, 1.54) is 6.07 Å². The van der Waals surface area contributed by atoms with Crippen LogP contribution in [0.3, 0.4) is 0 Å². The van der Waals surface area contributed by atoms with Gasteiger partial charge in [0, 0.05) is 49.1 Å². The molecule has 3 aliphatic rings. The highest BCUT2D eigenvalue weighted by molar-refractivity contribution is 6.28. The molecule has 5 aromatic rings. The van der Waals surface area contributed by atoms with Gasteiger partial charge in [0.1, 0.15) is 11.3 Å². The maximum absolute atomic E-state index is 14.5. The molecule has 9 heteroatoms. The number of benzene rings is 4. The second-order valence-electron chi connectivity index (χ2n) is 10.0. The van der Waals surface area contributed by atoms with Gasteiger partial charge < -0.3 is 29.1 Å². The number of anilines is 4. The number of piperazine rings is 1. The van der Waals surface area contributed by atoms with E-state index in [1.807, 2.05) is 60.7 Å². The Morgan fingerprint density at radius 1 is 0.800 bits per heavy atom. The van der Waals surface area contributed by atoms with Crippen LogP contribution in [-0.2, 0) is 0 Å². The molecule has 1 aromatic heterocycles. The molecule has 0 saturated carbocycles. The van der Waals surface area contributed by atoms with Gasteiger partial charge in [-0.05, 0) is 30.3 Å². The van der Waals surface area contributed by atoms with Crippen molar-refractivity contribution in [2.24, 2.45) is 0 Å². The predicted octanol–water partition coefficient (Wildman–Crippen LogP) is 5.98. The van der Waals surface area contributed by atoms with E-state index >= 15 is 0 Å². The van der Waals surface area contributed by atoms with Gasteiger partial charge in [-0.1, -0.05) is 41.6 Å². The maximum Gasteiger partial charge on any atom is 0.231 e. The standard InChI is InChI=1S/C31H23FN4O4/c32-21-7-3-4-8-23(21)35-11-13-36(14-12-35)24-16-22(33-18-9-10-25-26(15-18)39-17-38-25)27-28-29(24)34-40-31(28)20-6-2-1-5-19(20)30(27)37/h1-10,15-16,33H,11-14,17H2. The van der Waals surface area contributed by atoms with Gasteiger partial charge in [-0.2, -0.15) is 0 Å². The first kappa shape index (κ1) is 22.9. The summed E-state index contributed by atoms with van der Waals surface area (Å²) in [5.74, 6) is 1.60. The average molecular weight is 535 g/mol. The predicted molar refractivity (Wildman–Crippen MR) is 150 cm³/mol. The fraction of sp³-hybridized carbons (Fsp3) is 0.161. The van der Waals surface area contributed by atoms with Crippen LogP contribution in [-0.4, -0.2) is 43.9 Å². The van der Waals surface area contributed by atoms with Crippen molar-refractivity contribution in [1.29, 1.82) is 0 Å². The lowest BCUT2D eigenvalue weighted by atomic mass is 9.86. The number of carbonyl (C=O) groups excluding carboxylic acids is 1. The van der Waals surface area contributed by atoms with Crippen LogP contribution >= 0.6 is 0 Å². The summed E-state index contributed by atoms with van der Waals surface area (Å²) in [6.07, 6.45) is 0. The molecule has 0 radical (unpaired) electrons. The summed E-state index contributed by atoms with van der Waals surface area (Å²) < 4.78 is 31.4. The Hall–Kier alpha value is -5.05. The fourth-order valence-electron chi connectivity index (χ4n) is 5.91. The van der Waals surface area contributed by atoms with E-state index in [0.717, 1.165) is 16.9 Å². The number of aromatic nitrogens is 1. The van der Waals surface area contributed by atoms with E-state index in [2.05, 4.69) is 20.3 Å². The van der Waals surface area contributed by atoms with Crippen LogP contribution < -0.4 is 24.6 Å². The van der Waals surface area contributed by atoms with Crippen LogP contribution in [0.4, 0.5) is 27.1 Å². The normalized spacial score (nSPS) is 15.5. The van der Waals surface area contributed by atoms with Crippen molar-refractivity contribution in [3.63, 3.8) is 0 Å². The number of para-hydroxylation sites is 1. The summed E-state index contributed by atoms with van der Waals surface area (Å²) in [7, 11) is 0. The number of nitrogens with one attached hydrogen (secondary N) is 1. The molecule has 0 amide bonds. The van der Waals surface area contributed by atoms with Gasteiger partial charge in [0.2, 0.25) is 6.79 Å². The van der Waals surface area contributed by atoms with Gasteiger partial charge >= 0.3 is 0 Å². The molecular formula is C31H23FN4O4. The zero-order valence-electron chi connectivity index (χ0n) is 21.3. The Bertz CT molecular complexity index is 1830. The number of fused-ring (bicyclic) bond motifs is 3. The van der Waals surface area contributed by atoms with Crippen LogP contribution in [0.2, 0.25) is 0 Å². The molecule has 2 aliphatic heterocycles. The molecule has 0 spiro atoms. The van der Waals surface area contributed by atoms with Crippen LogP contribution in [0.1, 0.15) is 15.9 Å². The lowest BCUT2D eigenvalue weighted by Crippen LogP contribution is -2.47.